The van der Waals surface area contributed by atoms with Gasteiger partial charge in [-0.05, 0) is 29.8 Å². The fourth-order valence-electron chi connectivity index (χ4n) is 3.76. The van der Waals surface area contributed by atoms with E-state index in [0.717, 1.165) is 22.5 Å². The first-order chi connectivity index (χ1) is 16.1. The lowest BCUT2D eigenvalue weighted by Gasteiger charge is -2.26. The number of hydrazine groups is 1. The molecule has 4 rings (SSSR count). The Kier molecular flexibility index (Phi) is 6.30. The highest BCUT2D eigenvalue weighted by atomic mass is 35.5. The van der Waals surface area contributed by atoms with Crippen LogP contribution in [0.5, 0.6) is 0 Å². The van der Waals surface area contributed by atoms with Crippen LogP contribution in [0.2, 0.25) is 5.02 Å². The number of hydrogen-bond donors (Lipinski definition) is 4. The number of aliphatic imine (C=N–C) groups is 1. The summed E-state index contributed by atoms with van der Waals surface area (Å²) in [5, 5.41) is -0.293. The predicted molar refractivity (Wildman–Crippen MR) is 123 cm³/mol. The van der Waals surface area contributed by atoms with Gasteiger partial charge in [-0.3, -0.25) is 11.2 Å². The Labute approximate surface area is 204 Å². The highest BCUT2D eigenvalue weighted by molar-refractivity contribution is 7.92. The number of hydrogen-bond acceptors (Lipinski definition) is 9. The molecule has 2 aliphatic heterocycles. The third-order valence-corrected chi connectivity index (χ3v) is 9.42. The van der Waals surface area contributed by atoms with E-state index in [1.54, 1.807) is 0 Å². The van der Waals surface area contributed by atoms with Crippen LogP contribution >= 0.6 is 11.6 Å². The minimum Gasteiger partial charge on any atom is -0.369 e. The van der Waals surface area contributed by atoms with Crippen molar-refractivity contribution in [2.24, 2.45) is 16.5 Å². The number of nitrogens with two attached hydrogens (primary N) is 2. The summed E-state index contributed by atoms with van der Waals surface area (Å²) in [5.41, 5.74) is 14.9. The first-order valence-electron chi connectivity index (χ1n) is 10.0. The Morgan fingerprint density at radius 3 is 2.23 bits per heavy atom. The maximum absolute atomic E-state index is 14.0. The minimum absolute atomic E-state index is 0.0145. The number of benzene rings is 2. The molecule has 10 nitrogen and oxygen atoms in total. The lowest BCUT2D eigenvalue weighted by molar-refractivity contribution is -0.137. The van der Waals surface area contributed by atoms with E-state index < -0.39 is 37.4 Å². The molecule has 1 fully saturated rings. The van der Waals surface area contributed by atoms with E-state index in [0.29, 0.717) is 0 Å². The third-order valence-electron chi connectivity index (χ3n) is 5.60. The highest BCUT2D eigenvalue weighted by Crippen LogP contribution is 2.43. The topological polar surface area (TPSA) is 160 Å². The zero-order valence-electron chi connectivity index (χ0n) is 17.8. The second kappa shape index (κ2) is 8.60. The van der Waals surface area contributed by atoms with Gasteiger partial charge in [0.15, 0.2) is 9.84 Å². The molecular weight excluding hydrogens is 533 g/mol. The van der Waals surface area contributed by atoms with Crippen LogP contribution in [0.15, 0.2) is 46.3 Å². The van der Waals surface area contributed by atoms with E-state index in [1.807, 2.05) is 0 Å². The molecule has 0 aromatic heterocycles. The molecule has 0 amide bonds. The van der Waals surface area contributed by atoms with Crippen molar-refractivity contribution in [2.45, 2.75) is 16.9 Å². The van der Waals surface area contributed by atoms with Gasteiger partial charge in [0.05, 0.1) is 22.0 Å². The van der Waals surface area contributed by atoms with Gasteiger partial charge in [0, 0.05) is 29.2 Å². The molecular formula is C19H20ClF3N6O4S2. The number of guanidine groups is 1. The summed E-state index contributed by atoms with van der Waals surface area (Å²) in [4.78, 5) is 3.68. The molecule has 2 aliphatic rings. The summed E-state index contributed by atoms with van der Waals surface area (Å²) in [6, 6.07) is 6.70. The summed E-state index contributed by atoms with van der Waals surface area (Å²) >= 11 is 6.26. The second-order valence-corrected chi connectivity index (χ2v) is 12.6. The summed E-state index contributed by atoms with van der Waals surface area (Å²) in [5.74, 6) is -2.51. The smallest absolute Gasteiger partial charge is 0.369 e. The molecule has 1 saturated heterocycles. The zero-order valence-corrected chi connectivity index (χ0v) is 20.2. The lowest BCUT2D eigenvalue weighted by atomic mass is 9.95. The predicted octanol–water partition coefficient (Wildman–Crippen LogP) is 0.936. The number of sulfonamides is 1. The van der Waals surface area contributed by atoms with Crippen molar-refractivity contribution in [2.75, 3.05) is 24.6 Å². The van der Waals surface area contributed by atoms with Gasteiger partial charge in [0.25, 0.3) is 0 Å². The largest absolute Gasteiger partial charge is 0.417 e. The quantitative estimate of drug-likeness (QED) is 0.436. The molecule has 2 aromatic rings. The molecule has 2 heterocycles. The van der Waals surface area contributed by atoms with Crippen molar-refractivity contribution in [3.05, 3.63) is 52.5 Å². The summed E-state index contributed by atoms with van der Waals surface area (Å²) in [6.07, 6.45) is -4.84. The summed E-state index contributed by atoms with van der Waals surface area (Å²) in [7, 11) is -7.34. The van der Waals surface area contributed by atoms with E-state index in [1.165, 1.54) is 18.2 Å². The maximum atomic E-state index is 14.0. The molecule has 1 unspecified atom stereocenters. The Hall–Kier alpha value is -2.43. The van der Waals surface area contributed by atoms with Gasteiger partial charge < -0.3 is 5.73 Å². The Morgan fingerprint density at radius 2 is 1.71 bits per heavy atom. The number of sulfone groups is 1. The first-order valence-corrected chi connectivity index (χ1v) is 13.7. The molecule has 2 aromatic carbocycles. The van der Waals surface area contributed by atoms with Gasteiger partial charge in [0.2, 0.25) is 21.8 Å². The maximum Gasteiger partial charge on any atom is 0.417 e. The lowest BCUT2D eigenvalue weighted by Crippen LogP contribution is -2.50. The molecule has 0 saturated carbocycles. The van der Waals surface area contributed by atoms with Gasteiger partial charge in [-0.2, -0.15) is 22.9 Å². The Bertz CT molecular complexity index is 1400. The fraction of sp³-hybridized carbons (Fsp3) is 0.316. The van der Waals surface area contributed by atoms with E-state index >= 15 is 0 Å². The standard InChI is InChI=1S/C19H20ClF3N6O4S2/c20-15-10-12(19(25)26-17(24)27-28-19)9-14(18(21,22)23)16(15)11-1-3-13(4-2-11)35(32,33)29-5-7-34(30,31)8-6-29/h1-4,9-10,28H,5-8,25H2,(H3,24,26,27). The van der Waals surface area contributed by atoms with Crippen molar-refractivity contribution in [3.8, 4) is 11.1 Å². The molecule has 0 spiro atoms. The van der Waals surface area contributed by atoms with Crippen molar-refractivity contribution in [1.82, 2.24) is 15.2 Å². The Morgan fingerprint density at radius 1 is 1.11 bits per heavy atom. The highest BCUT2D eigenvalue weighted by Gasteiger charge is 2.39. The van der Waals surface area contributed by atoms with Crippen LogP contribution in [0, 0.1) is 0 Å². The fourth-order valence-corrected chi connectivity index (χ4v) is 6.97. The van der Waals surface area contributed by atoms with Crippen molar-refractivity contribution < 1.29 is 30.0 Å². The van der Waals surface area contributed by atoms with Crippen molar-refractivity contribution in [1.29, 1.82) is 0 Å². The average Bonchev–Trinajstić information content (AvgIpc) is 3.12. The molecule has 16 heteroatoms. The first kappa shape index (κ1) is 25.7. The molecule has 0 radical (unpaired) electrons. The third kappa shape index (κ3) is 4.96. The van der Waals surface area contributed by atoms with Crippen LogP contribution in [-0.2, 0) is 31.8 Å². The molecule has 6 N–H and O–H groups in total. The minimum atomic E-state index is -4.84. The number of alkyl halides is 3. The van der Waals surface area contributed by atoms with Gasteiger partial charge in [-0.1, -0.05) is 23.7 Å². The van der Waals surface area contributed by atoms with E-state index in [2.05, 4.69) is 15.8 Å². The number of nitrogens with one attached hydrogen (secondary N) is 2. The molecule has 0 aliphatic carbocycles. The SMILES string of the molecule is NC1=NC(N)(c2cc(Cl)c(-c3ccc(S(=O)(=O)N4CCS(=O)(=O)CC4)cc3)c(C(F)(F)F)c2)NN1. The number of rotatable bonds is 4. The van der Waals surface area contributed by atoms with Crippen LogP contribution in [0.25, 0.3) is 11.1 Å². The van der Waals surface area contributed by atoms with E-state index in [4.69, 9.17) is 23.1 Å². The number of nitrogens with zero attached hydrogens (tertiary/aromatic N) is 2. The second-order valence-electron chi connectivity index (χ2n) is 7.97. The van der Waals surface area contributed by atoms with Crippen molar-refractivity contribution >= 4 is 37.4 Å². The van der Waals surface area contributed by atoms with E-state index in [9.17, 15) is 30.0 Å². The molecule has 1 atom stereocenters. The van der Waals surface area contributed by atoms with Gasteiger partial charge in [-0.25, -0.2) is 21.8 Å². The van der Waals surface area contributed by atoms with Crippen molar-refractivity contribution in [3.63, 3.8) is 0 Å². The molecule has 35 heavy (non-hydrogen) atoms. The van der Waals surface area contributed by atoms with Gasteiger partial charge in [0.1, 0.15) is 0 Å². The zero-order chi connectivity index (χ0) is 25.8. The van der Waals surface area contributed by atoms with Gasteiger partial charge in [-0.15, -0.1) is 0 Å². The van der Waals surface area contributed by atoms with Gasteiger partial charge >= 0.3 is 6.18 Å². The van der Waals surface area contributed by atoms with Crippen LogP contribution in [-0.4, -0.2) is 51.7 Å². The van der Waals surface area contributed by atoms with Crippen LogP contribution in [0.3, 0.4) is 0 Å². The average molecular weight is 553 g/mol. The van der Waals surface area contributed by atoms with Crippen LogP contribution < -0.4 is 22.3 Å². The summed E-state index contributed by atoms with van der Waals surface area (Å²) < 4.78 is 92.0. The van der Waals surface area contributed by atoms with E-state index in [-0.39, 0.29) is 57.2 Å². The number of halogens is 4. The normalized spacial score (nSPS) is 23.1. The molecule has 190 valence electrons. The van der Waals surface area contributed by atoms with Crippen LogP contribution in [0.1, 0.15) is 11.1 Å². The Balaban J connectivity index is 1.72. The molecule has 0 bridgehead atoms. The summed E-state index contributed by atoms with van der Waals surface area (Å²) in [6.45, 7) is -0.399. The van der Waals surface area contributed by atoms with Crippen LogP contribution in [0.4, 0.5) is 13.2 Å². The monoisotopic (exact) mass is 552 g/mol.